The normalized spacial score (nSPS) is 11.8. The van der Waals surface area contributed by atoms with Gasteiger partial charge in [0.25, 0.3) is 0 Å². The molecule has 3 nitrogen and oxygen atoms in total. The van der Waals surface area contributed by atoms with E-state index in [-0.39, 0.29) is 5.97 Å². The zero-order chi connectivity index (χ0) is 14.5. The van der Waals surface area contributed by atoms with Gasteiger partial charge in [0.05, 0.1) is 7.11 Å². The smallest absolute Gasteiger partial charge is 0.332 e. The summed E-state index contributed by atoms with van der Waals surface area (Å²) in [5.41, 5.74) is 1.55. The number of halogens is 2. The molecule has 1 atom stereocenters. The summed E-state index contributed by atoms with van der Waals surface area (Å²) < 4.78 is 4.83. The Bertz CT molecular complexity index is 582. The molecule has 0 heterocycles. The Labute approximate surface area is 127 Å². The van der Waals surface area contributed by atoms with Crippen LogP contribution in [0.5, 0.6) is 0 Å². The molecular formula is C15H13Cl2NO2. The van der Waals surface area contributed by atoms with Gasteiger partial charge >= 0.3 is 5.97 Å². The highest BCUT2D eigenvalue weighted by atomic mass is 35.5. The number of carbonyl (C=O) groups excluding carboxylic acids is 1. The molecule has 1 N–H and O–H groups in total. The summed E-state index contributed by atoms with van der Waals surface area (Å²) >= 11 is 11.7. The van der Waals surface area contributed by atoms with E-state index in [4.69, 9.17) is 27.9 Å². The molecule has 0 amide bonds. The van der Waals surface area contributed by atoms with Gasteiger partial charge in [0.2, 0.25) is 0 Å². The van der Waals surface area contributed by atoms with Crippen molar-refractivity contribution in [3.63, 3.8) is 0 Å². The maximum atomic E-state index is 11.9. The Balaban J connectivity index is 2.26. The van der Waals surface area contributed by atoms with Crippen LogP contribution in [0, 0.1) is 0 Å². The molecule has 2 aromatic carbocycles. The summed E-state index contributed by atoms with van der Waals surface area (Å²) in [4.78, 5) is 11.9. The van der Waals surface area contributed by atoms with Crippen molar-refractivity contribution in [3.05, 3.63) is 64.1 Å². The fourth-order valence-corrected chi connectivity index (χ4v) is 2.02. The van der Waals surface area contributed by atoms with Crippen molar-refractivity contribution in [1.82, 2.24) is 0 Å². The first kappa shape index (κ1) is 14.7. The molecular weight excluding hydrogens is 297 g/mol. The molecule has 20 heavy (non-hydrogen) atoms. The minimum atomic E-state index is -0.599. The predicted molar refractivity (Wildman–Crippen MR) is 81.3 cm³/mol. The maximum absolute atomic E-state index is 11.9. The van der Waals surface area contributed by atoms with Gasteiger partial charge in [-0.25, -0.2) is 4.79 Å². The standard InChI is InChI=1S/C15H13Cl2NO2/c1-20-15(19)14(10-2-4-11(16)5-3-10)18-13-8-6-12(17)7-9-13/h2-9,14,18H,1H3. The van der Waals surface area contributed by atoms with Crippen LogP contribution in [-0.2, 0) is 9.53 Å². The van der Waals surface area contributed by atoms with E-state index in [0.29, 0.717) is 10.0 Å². The zero-order valence-electron chi connectivity index (χ0n) is 10.8. The lowest BCUT2D eigenvalue weighted by molar-refractivity contribution is -0.141. The molecule has 0 bridgehead atoms. The number of esters is 1. The number of benzene rings is 2. The van der Waals surface area contributed by atoms with Gasteiger partial charge in [-0.3, -0.25) is 0 Å². The second-order valence-corrected chi connectivity index (χ2v) is 5.03. The molecule has 0 aliphatic heterocycles. The van der Waals surface area contributed by atoms with Crippen LogP contribution in [0.15, 0.2) is 48.5 Å². The predicted octanol–water partition coefficient (Wildman–Crippen LogP) is 4.32. The Hall–Kier alpha value is -1.71. The van der Waals surface area contributed by atoms with Crippen molar-refractivity contribution in [2.45, 2.75) is 6.04 Å². The van der Waals surface area contributed by atoms with Gasteiger partial charge in [-0.05, 0) is 42.0 Å². The summed E-state index contributed by atoms with van der Waals surface area (Å²) in [5, 5.41) is 4.37. The van der Waals surface area contributed by atoms with Crippen molar-refractivity contribution in [2.75, 3.05) is 12.4 Å². The lowest BCUT2D eigenvalue weighted by Gasteiger charge is -2.18. The van der Waals surface area contributed by atoms with E-state index in [1.165, 1.54) is 7.11 Å². The topological polar surface area (TPSA) is 38.3 Å². The van der Waals surface area contributed by atoms with Crippen LogP contribution in [-0.4, -0.2) is 13.1 Å². The molecule has 0 saturated carbocycles. The van der Waals surface area contributed by atoms with Gasteiger partial charge in [-0.15, -0.1) is 0 Å². The van der Waals surface area contributed by atoms with E-state index >= 15 is 0 Å². The minimum absolute atomic E-state index is 0.373. The van der Waals surface area contributed by atoms with Crippen LogP contribution >= 0.6 is 23.2 Å². The monoisotopic (exact) mass is 309 g/mol. The Morgan fingerprint density at radius 1 is 1.00 bits per heavy atom. The van der Waals surface area contributed by atoms with Gasteiger partial charge in [-0.1, -0.05) is 35.3 Å². The quantitative estimate of drug-likeness (QED) is 0.855. The van der Waals surface area contributed by atoms with Crippen molar-refractivity contribution in [2.24, 2.45) is 0 Å². The minimum Gasteiger partial charge on any atom is -0.467 e. The first-order valence-electron chi connectivity index (χ1n) is 5.95. The molecule has 2 rings (SSSR count). The van der Waals surface area contributed by atoms with Crippen LogP contribution in [0.2, 0.25) is 10.0 Å². The summed E-state index contributed by atoms with van der Waals surface area (Å²) in [7, 11) is 1.36. The first-order chi connectivity index (χ1) is 9.60. The number of ether oxygens (including phenoxy) is 1. The van der Waals surface area contributed by atoms with Gasteiger partial charge in [0.15, 0.2) is 6.04 Å². The number of hydrogen-bond donors (Lipinski definition) is 1. The van der Waals surface area contributed by atoms with Crippen LogP contribution in [0.1, 0.15) is 11.6 Å². The average molecular weight is 310 g/mol. The molecule has 104 valence electrons. The highest BCUT2D eigenvalue weighted by Gasteiger charge is 2.21. The van der Waals surface area contributed by atoms with Crippen LogP contribution in [0.3, 0.4) is 0 Å². The average Bonchev–Trinajstić information content (AvgIpc) is 2.47. The molecule has 2 aromatic rings. The number of anilines is 1. The molecule has 5 heteroatoms. The maximum Gasteiger partial charge on any atom is 0.332 e. The van der Waals surface area contributed by atoms with Crippen molar-refractivity contribution in [3.8, 4) is 0 Å². The van der Waals surface area contributed by atoms with E-state index in [0.717, 1.165) is 11.3 Å². The number of nitrogens with one attached hydrogen (secondary N) is 1. The third-order valence-corrected chi connectivity index (χ3v) is 3.30. The largest absolute Gasteiger partial charge is 0.467 e. The third kappa shape index (κ3) is 3.65. The highest BCUT2D eigenvalue weighted by molar-refractivity contribution is 6.30. The molecule has 0 aromatic heterocycles. The number of methoxy groups -OCH3 is 1. The molecule has 1 unspecified atom stereocenters. The fourth-order valence-electron chi connectivity index (χ4n) is 1.76. The third-order valence-electron chi connectivity index (χ3n) is 2.80. The second-order valence-electron chi connectivity index (χ2n) is 4.16. The van der Waals surface area contributed by atoms with Crippen molar-refractivity contribution >= 4 is 34.9 Å². The van der Waals surface area contributed by atoms with E-state index in [2.05, 4.69) is 5.32 Å². The molecule has 0 radical (unpaired) electrons. The number of carbonyl (C=O) groups is 1. The summed E-state index contributed by atoms with van der Waals surface area (Å²) in [6, 6.07) is 13.5. The van der Waals surface area contributed by atoms with Gasteiger partial charge in [0, 0.05) is 15.7 Å². The Kier molecular flexibility index (Phi) is 4.88. The van der Waals surface area contributed by atoms with E-state index in [1.807, 2.05) is 0 Å². The zero-order valence-corrected chi connectivity index (χ0v) is 12.3. The van der Waals surface area contributed by atoms with Crippen molar-refractivity contribution < 1.29 is 9.53 Å². The Morgan fingerprint density at radius 2 is 1.50 bits per heavy atom. The second kappa shape index (κ2) is 6.64. The van der Waals surface area contributed by atoms with Crippen molar-refractivity contribution in [1.29, 1.82) is 0 Å². The lowest BCUT2D eigenvalue weighted by atomic mass is 10.1. The van der Waals surface area contributed by atoms with E-state index in [9.17, 15) is 4.79 Å². The van der Waals surface area contributed by atoms with Crippen LogP contribution in [0.25, 0.3) is 0 Å². The first-order valence-corrected chi connectivity index (χ1v) is 6.71. The molecule has 0 fully saturated rings. The lowest BCUT2D eigenvalue weighted by Crippen LogP contribution is -2.22. The van der Waals surface area contributed by atoms with Gasteiger partial charge < -0.3 is 10.1 Å². The molecule has 0 spiro atoms. The van der Waals surface area contributed by atoms with Gasteiger partial charge in [-0.2, -0.15) is 0 Å². The summed E-state index contributed by atoms with van der Waals surface area (Å²) in [5.74, 6) is -0.373. The molecule has 0 saturated heterocycles. The Morgan fingerprint density at radius 3 is 2.00 bits per heavy atom. The van der Waals surface area contributed by atoms with E-state index in [1.54, 1.807) is 48.5 Å². The highest BCUT2D eigenvalue weighted by Crippen LogP contribution is 2.23. The number of rotatable bonds is 4. The number of hydrogen-bond acceptors (Lipinski definition) is 3. The molecule has 0 aliphatic rings. The molecule has 0 aliphatic carbocycles. The fraction of sp³-hybridized carbons (Fsp3) is 0.133. The SMILES string of the molecule is COC(=O)C(Nc1ccc(Cl)cc1)c1ccc(Cl)cc1. The van der Waals surface area contributed by atoms with Crippen LogP contribution < -0.4 is 5.32 Å². The van der Waals surface area contributed by atoms with Crippen LogP contribution in [0.4, 0.5) is 5.69 Å². The van der Waals surface area contributed by atoms with E-state index < -0.39 is 6.04 Å². The summed E-state index contributed by atoms with van der Waals surface area (Å²) in [6.45, 7) is 0. The van der Waals surface area contributed by atoms with Gasteiger partial charge in [0.1, 0.15) is 0 Å². The summed E-state index contributed by atoms with van der Waals surface area (Å²) in [6.07, 6.45) is 0.